The second-order valence-electron chi connectivity index (χ2n) is 5.95. The van der Waals surface area contributed by atoms with E-state index in [-0.39, 0.29) is 11.8 Å². The van der Waals surface area contributed by atoms with Crippen molar-refractivity contribution >= 4 is 17.2 Å². The Labute approximate surface area is 125 Å². The molecule has 20 heavy (non-hydrogen) atoms. The van der Waals surface area contributed by atoms with Crippen molar-refractivity contribution in [3.8, 4) is 0 Å². The maximum absolute atomic E-state index is 11.9. The van der Waals surface area contributed by atoms with Crippen molar-refractivity contribution in [3.63, 3.8) is 0 Å². The first-order valence-corrected chi connectivity index (χ1v) is 8.19. The number of carbonyl (C=O) groups is 1. The Bertz CT molecular complexity index is 458. The van der Waals surface area contributed by atoms with E-state index in [2.05, 4.69) is 28.6 Å². The van der Waals surface area contributed by atoms with Gasteiger partial charge in [0.15, 0.2) is 0 Å². The number of hydrogen-bond donors (Lipinski definition) is 2. The van der Waals surface area contributed by atoms with Gasteiger partial charge >= 0.3 is 0 Å². The van der Waals surface area contributed by atoms with Gasteiger partial charge in [0.1, 0.15) is 0 Å². The van der Waals surface area contributed by atoms with Gasteiger partial charge in [0.05, 0.1) is 6.04 Å². The largest absolute Gasteiger partial charge is 0.353 e. The van der Waals surface area contributed by atoms with Gasteiger partial charge in [-0.25, -0.2) is 0 Å². The summed E-state index contributed by atoms with van der Waals surface area (Å²) in [7, 11) is 0. The number of carbonyl (C=O) groups excluding carboxylic acids is 1. The second-order valence-corrected chi connectivity index (χ2v) is 6.95. The smallest absolute Gasteiger partial charge is 0.237 e. The van der Waals surface area contributed by atoms with Gasteiger partial charge in [-0.2, -0.15) is 0 Å². The van der Waals surface area contributed by atoms with Crippen LogP contribution in [0.5, 0.6) is 0 Å². The average Bonchev–Trinajstić information content (AvgIpc) is 2.90. The van der Waals surface area contributed by atoms with Gasteiger partial charge in [0.25, 0.3) is 0 Å². The molecule has 5 heteroatoms. The third kappa shape index (κ3) is 3.59. The fourth-order valence-corrected chi connectivity index (χ4v) is 3.33. The molecule has 1 aliphatic heterocycles. The van der Waals surface area contributed by atoms with Gasteiger partial charge in [0, 0.05) is 30.6 Å². The molecule has 0 aliphatic carbocycles. The first kappa shape index (κ1) is 15.5. The fourth-order valence-electron chi connectivity index (χ4n) is 2.44. The average molecular weight is 295 g/mol. The Kier molecular flexibility index (Phi) is 5.18. The van der Waals surface area contributed by atoms with E-state index < -0.39 is 6.04 Å². The van der Waals surface area contributed by atoms with Crippen LogP contribution in [0.3, 0.4) is 0 Å². The zero-order valence-corrected chi connectivity index (χ0v) is 13.4. The number of amides is 1. The van der Waals surface area contributed by atoms with E-state index >= 15 is 0 Å². The van der Waals surface area contributed by atoms with E-state index in [9.17, 15) is 4.79 Å². The molecular formula is C15H25N3OS. The molecule has 1 aliphatic rings. The number of fused-ring (bicyclic) bond motifs is 1. The summed E-state index contributed by atoms with van der Waals surface area (Å²) in [5, 5.41) is 5.14. The monoisotopic (exact) mass is 295 g/mol. The molecular weight excluding hydrogens is 270 g/mol. The lowest BCUT2D eigenvalue weighted by atomic mass is 10.0. The van der Waals surface area contributed by atoms with Crippen molar-refractivity contribution in [1.82, 2.24) is 10.2 Å². The Balaban J connectivity index is 1.81. The Morgan fingerprint density at radius 1 is 1.50 bits per heavy atom. The second kappa shape index (κ2) is 6.70. The molecule has 0 bridgehead atoms. The summed E-state index contributed by atoms with van der Waals surface area (Å²) >= 11 is 1.85. The lowest BCUT2D eigenvalue weighted by Gasteiger charge is -2.32. The highest BCUT2D eigenvalue weighted by Gasteiger charge is 2.23. The first-order chi connectivity index (χ1) is 9.49. The Hall–Kier alpha value is -0.910. The predicted molar refractivity (Wildman–Crippen MR) is 83.7 cm³/mol. The number of nitrogens with two attached hydrogens (primary N) is 1. The maximum Gasteiger partial charge on any atom is 0.237 e. The first-order valence-electron chi connectivity index (χ1n) is 7.31. The molecule has 1 aromatic rings. The zero-order valence-electron chi connectivity index (χ0n) is 12.6. The third-order valence-electron chi connectivity index (χ3n) is 4.05. The summed E-state index contributed by atoms with van der Waals surface area (Å²) in [6, 6.07) is 2.14. The van der Waals surface area contributed by atoms with E-state index in [1.54, 1.807) is 0 Å². The van der Waals surface area contributed by atoms with Crippen LogP contribution in [0.15, 0.2) is 11.4 Å². The molecule has 2 heterocycles. The molecule has 1 unspecified atom stereocenters. The molecule has 1 amide bonds. The highest BCUT2D eigenvalue weighted by Crippen LogP contribution is 2.24. The van der Waals surface area contributed by atoms with Crippen molar-refractivity contribution in [2.45, 2.75) is 45.8 Å². The van der Waals surface area contributed by atoms with E-state index in [1.165, 1.54) is 10.4 Å². The zero-order chi connectivity index (χ0) is 14.7. The minimum absolute atomic E-state index is 0.0416. The summed E-state index contributed by atoms with van der Waals surface area (Å²) in [4.78, 5) is 15.8. The molecule has 112 valence electrons. The van der Waals surface area contributed by atoms with Gasteiger partial charge in [-0.3, -0.25) is 9.69 Å². The topological polar surface area (TPSA) is 58.4 Å². The van der Waals surface area contributed by atoms with Crippen LogP contribution in [-0.4, -0.2) is 36.0 Å². The number of rotatable bonds is 5. The Morgan fingerprint density at radius 2 is 2.25 bits per heavy atom. The van der Waals surface area contributed by atoms with Gasteiger partial charge < -0.3 is 11.1 Å². The highest BCUT2D eigenvalue weighted by atomic mass is 32.1. The van der Waals surface area contributed by atoms with Gasteiger partial charge in [-0.05, 0) is 36.3 Å². The van der Waals surface area contributed by atoms with Crippen molar-refractivity contribution in [2.75, 3.05) is 13.1 Å². The van der Waals surface area contributed by atoms with E-state index in [1.807, 2.05) is 25.2 Å². The molecule has 0 fully saturated rings. The minimum Gasteiger partial charge on any atom is -0.353 e. The number of nitrogens with one attached hydrogen (secondary N) is 1. The third-order valence-corrected chi connectivity index (χ3v) is 5.08. The van der Waals surface area contributed by atoms with Crippen LogP contribution >= 0.6 is 11.3 Å². The molecule has 0 aromatic carbocycles. The van der Waals surface area contributed by atoms with E-state index in [0.717, 1.165) is 19.5 Å². The fraction of sp³-hybridized carbons (Fsp3) is 0.667. The normalized spacial score (nSPS) is 18.6. The number of thiophene rings is 1. The van der Waals surface area contributed by atoms with Crippen LogP contribution in [0, 0.1) is 5.92 Å². The SMILES string of the molecule is CC(C)[C@H](N)C(=O)NCC(C)N1CCc2sccc2C1. The molecule has 0 saturated carbocycles. The highest BCUT2D eigenvalue weighted by molar-refractivity contribution is 7.10. The molecule has 0 spiro atoms. The van der Waals surface area contributed by atoms with Gasteiger partial charge in [-0.15, -0.1) is 11.3 Å². The lowest BCUT2D eigenvalue weighted by Crippen LogP contribution is -2.49. The quantitative estimate of drug-likeness (QED) is 0.867. The van der Waals surface area contributed by atoms with Crippen LogP contribution in [0.1, 0.15) is 31.2 Å². The van der Waals surface area contributed by atoms with Crippen LogP contribution in [0.4, 0.5) is 0 Å². The number of hydrogen-bond acceptors (Lipinski definition) is 4. The van der Waals surface area contributed by atoms with Crippen molar-refractivity contribution in [1.29, 1.82) is 0 Å². The van der Waals surface area contributed by atoms with Crippen molar-refractivity contribution in [2.24, 2.45) is 11.7 Å². The standard InChI is InChI=1S/C15H25N3OS/c1-10(2)14(16)15(19)17-8-11(3)18-6-4-13-12(9-18)5-7-20-13/h5,7,10-11,14H,4,6,8-9,16H2,1-3H3,(H,17,19)/t11?,14-/m0/s1. The molecule has 2 rings (SSSR count). The van der Waals surface area contributed by atoms with Crippen molar-refractivity contribution < 1.29 is 4.79 Å². The summed E-state index contributed by atoms with van der Waals surface area (Å²) in [6.07, 6.45) is 1.12. The summed E-state index contributed by atoms with van der Waals surface area (Å²) in [5.74, 6) is 0.133. The number of nitrogens with zero attached hydrogens (tertiary/aromatic N) is 1. The summed E-state index contributed by atoms with van der Waals surface area (Å²) in [6.45, 7) is 8.83. The molecule has 0 saturated heterocycles. The Morgan fingerprint density at radius 3 is 2.95 bits per heavy atom. The molecule has 4 nitrogen and oxygen atoms in total. The van der Waals surface area contributed by atoms with Gasteiger partial charge in [-0.1, -0.05) is 13.8 Å². The van der Waals surface area contributed by atoms with E-state index in [0.29, 0.717) is 12.6 Å². The van der Waals surface area contributed by atoms with Crippen molar-refractivity contribution in [3.05, 3.63) is 21.9 Å². The summed E-state index contributed by atoms with van der Waals surface area (Å²) in [5.41, 5.74) is 7.29. The lowest BCUT2D eigenvalue weighted by molar-refractivity contribution is -0.123. The minimum atomic E-state index is -0.410. The molecule has 0 radical (unpaired) electrons. The summed E-state index contributed by atoms with van der Waals surface area (Å²) < 4.78 is 0. The van der Waals surface area contributed by atoms with Crippen LogP contribution in [-0.2, 0) is 17.8 Å². The van der Waals surface area contributed by atoms with Crippen LogP contribution < -0.4 is 11.1 Å². The molecule has 2 atom stereocenters. The van der Waals surface area contributed by atoms with Gasteiger partial charge in [0.2, 0.25) is 5.91 Å². The molecule has 3 N–H and O–H groups in total. The maximum atomic E-state index is 11.9. The van der Waals surface area contributed by atoms with Crippen LogP contribution in [0.25, 0.3) is 0 Å². The predicted octanol–water partition coefficient (Wildman–Crippen LogP) is 1.59. The van der Waals surface area contributed by atoms with E-state index in [4.69, 9.17) is 5.73 Å². The van der Waals surface area contributed by atoms with Crippen LogP contribution in [0.2, 0.25) is 0 Å². The molecule has 1 aromatic heterocycles.